The van der Waals surface area contributed by atoms with Gasteiger partial charge >= 0.3 is 0 Å². The van der Waals surface area contributed by atoms with Gasteiger partial charge in [-0.2, -0.15) is 0 Å². The van der Waals surface area contributed by atoms with E-state index in [9.17, 15) is 4.79 Å². The van der Waals surface area contributed by atoms with Crippen LogP contribution in [0.4, 0.5) is 0 Å². The van der Waals surface area contributed by atoms with E-state index >= 15 is 0 Å². The van der Waals surface area contributed by atoms with Crippen LogP contribution in [0.3, 0.4) is 0 Å². The Morgan fingerprint density at radius 3 is 2.55 bits per heavy atom. The zero-order valence-electron chi connectivity index (χ0n) is 13.3. The minimum atomic E-state index is -1.11. The largest absolute Gasteiger partial charge is 0.439 e. The van der Waals surface area contributed by atoms with Crippen molar-refractivity contribution in [2.24, 2.45) is 0 Å². The first-order chi connectivity index (χ1) is 10.4. The van der Waals surface area contributed by atoms with Gasteiger partial charge in [-0.1, -0.05) is 37.8 Å². The molecule has 1 heterocycles. The third-order valence-corrected chi connectivity index (χ3v) is 4.75. The van der Waals surface area contributed by atoms with Gasteiger partial charge in [0.05, 0.1) is 6.07 Å². The van der Waals surface area contributed by atoms with Crippen LogP contribution >= 0.6 is 0 Å². The summed E-state index contributed by atoms with van der Waals surface area (Å²) in [4.78, 5) is 16.1. The molecule has 0 aliphatic carbocycles. The molecule has 6 heteroatoms. The van der Waals surface area contributed by atoms with Gasteiger partial charge < -0.3 is 9.47 Å². The van der Waals surface area contributed by atoms with E-state index in [0.29, 0.717) is 12.4 Å². The van der Waals surface area contributed by atoms with E-state index in [4.69, 9.17) is 9.47 Å². The molecule has 1 aromatic carbocycles. The van der Waals surface area contributed by atoms with Gasteiger partial charge in [0.25, 0.3) is 5.56 Å². The molecule has 5 nitrogen and oxygen atoms in total. The molecule has 2 rings (SSSR count). The molecule has 0 N–H and O–H groups in total. The molecule has 0 bridgehead atoms. The second kappa shape index (κ2) is 7.37. The fourth-order valence-electron chi connectivity index (χ4n) is 1.71. The maximum atomic E-state index is 12.0. The summed E-state index contributed by atoms with van der Waals surface area (Å²) in [6, 6.07) is 11.7. The van der Waals surface area contributed by atoms with Crippen LogP contribution in [0.5, 0.6) is 11.6 Å². The molecule has 0 radical (unpaired) electrons. The summed E-state index contributed by atoms with van der Waals surface area (Å²) < 4.78 is 12.5. The zero-order chi connectivity index (χ0) is 16.0. The fraction of sp³-hybridized carbons (Fsp3) is 0.375. The Balaban J connectivity index is 1.91. The molecule has 0 atom stereocenters. The van der Waals surface area contributed by atoms with Crippen molar-refractivity contribution in [3.8, 4) is 11.6 Å². The first kappa shape index (κ1) is 16.4. The van der Waals surface area contributed by atoms with Crippen molar-refractivity contribution in [2.45, 2.75) is 32.4 Å². The molecule has 0 aliphatic heterocycles. The third-order valence-electron chi connectivity index (χ3n) is 3.05. The average molecular weight is 318 g/mol. The van der Waals surface area contributed by atoms with Crippen molar-refractivity contribution >= 4 is 8.07 Å². The van der Waals surface area contributed by atoms with Crippen LogP contribution in [0.2, 0.25) is 25.7 Å². The van der Waals surface area contributed by atoms with Crippen molar-refractivity contribution in [1.82, 2.24) is 9.55 Å². The van der Waals surface area contributed by atoms with Crippen LogP contribution in [-0.2, 0) is 11.5 Å². The number of hydrogen-bond acceptors (Lipinski definition) is 4. The average Bonchev–Trinajstić information content (AvgIpc) is 2.45. The molecule has 0 amide bonds. The predicted molar refractivity (Wildman–Crippen MR) is 89.1 cm³/mol. The quantitative estimate of drug-likeness (QED) is 0.580. The SMILES string of the molecule is C[Si](C)(C)CCOCn1cnc(Oc2ccccc2)cc1=O. The highest BCUT2D eigenvalue weighted by molar-refractivity contribution is 6.76. The molecular formula is C16H22N2O3Si. The monoisotopic (exact) mass is 318 g/mol. The molecule has 0 spiro atoms. The molecule has 0 unspecified atom stereocenters. The molecule has 0 saturated heterocycles. The third kappa shape index (κ3) is 5.46. The van der Waals surface area contributed by atoms with E-state index in [1.807, 2.05) is 30.3 Å². The Kier molecular flexibility index (Phi) is 5.51. The molecule has 1 aromatic heterocycles. The van der Waals surface area contributed by atoms with Gasteiger partial charge in [-0.3, -0.25) is 9.36 Å². The number of hydrogen-bond donors (Lipinski definition) is 0. The van der Waals surface area contributed by atoms with Crippen molar-refractivity contribution in [3.05, 3.63) is 53.1 Å². The Morgan fingerprint density at radius 1 is 1.18 bits per heavy atom. The molecule has 0 fully saturated rings. The number of ether oxygens (including phenoxy) is 2. The van der Waals surface area contributed by atoms with E-state index in [0.717, 1.165) is 6.04 Å². The summed E-state index contributed by atoms with van der Waals surface area (Å²) >= 11 is 0. The second-order valence-corrected chi connectivity index (χ2v) is 11.9. The summed E-state index contributed by atoms with van der Waals surface area (Å²) in [7, 11) is -1.11. The number of rotatable bonds is 7. The summed E-state index contributed by atoms with van der Waals surface area (Å²) in [5.74, 6) is 0.938. The molecule has 22 heavy (non-hydrogen) atoms. The number of aromatic nitrogens is 2. The molecular weight excluding hydrogens is 296 g/mol. The van der Waals surface area contributed by atoms with Crippen LogP contribution < -0.4 is 10.3 Å². The Labute approximate surface area is 131 Å². The lowest BCUT2D eigenvalue weighted by atomic mass is 10.3. The van der Waals surface area contributed by atoms with Gasteiger partial charge in [0.2, 0.25) is 5.88 Å². The smallest absolute Gasteiger partial charge is 0.259 e. The highest BCUT2D eigenvalue weighted by Gasteiger charge is 2.12. The standard InChI is InChI=1S/C16H22N2O3Si/c1-22(2,3)10-9-20-13-18-12-17-15(11-16(18)19)21-14-7-5-4-6-8-14/h4-8,11-12H,9-10,13H2,1-3H3. The Morgan fingerprint density at radius 2 is 1.91 bits per heavy atom. The topological polar surface area (TPSA) is 53.4 Å². The van der Waals surface area contributed by atoms with Crippen molar-refractivity contribution < 1.29 is 9.47 Å². The number of para-hydroxylation sites is 1. The summed E-state index contributed by atoms with van der Waals surface area (Å²) in [6.07, 6.45) is 1.45. The Hall–Kier alpha value is -1.92. The van der Waals surface area contributed by atoms with Gasteiger partial charge in [-0.25, -0.2) is 4.98 Å². The van der Waals surface area contributed by atoms with Crippen LogP contribution in [-0.4, -0.2) is 24.2 Å². The summed E-state index contributed by atoms with van der Waals surface area (Å²) in [5, 5.41) is 0. The fourth-order valence-corrected chi connectivity index (χ4v) is 2.47. The van der Waals surface area contributed by atoms with Gasteiger partial charge in [0.1, 0.15) is 18.8 Å². The van der Waals surface area contributed by atoms with Gasteiger partial charge in [-0.15, -0.1) is 0 Å². The van der Waals surface area contributed by atoms with Crippen LogP contribution in [0.15, 0.2) is 47.5 Å². The van der Waals surface area contributed by atoms with Crippen LogP contribution in [0, 0.1) is 0 Å². The predicted octanol–water partition coefficient (Wildman–Crippen LogP) is 3.35. The summed E-state index contributed by atoms with van der Waals surface area (Å²) in [5.41, 5.74) is -0.186. The molecule has 0 saturated carbocycles. The first-order valence-electron chi connectivity index (χ1n) is 7.31. The van der Waals surface area contributed by atoms with E-state index < -0.39 is 8.07 Å². The lowest BCUT2D eigenvalue weighted by Gasteiger charge is -2.15. The van der Waals surface area contributed by atoms with Crippen molar-refractivity contribution in [1.29, 1.82) is 0 Å². The van der Waals surface area contributed by atoms with Crippen molar-refractivity contribution in [3.63, 3.8) is 0 Å². The second-order valence-electron chi connectivity index (χ2n) is 6.30. The van der Waals surface area contributed by atoms with Crippen LogP contribution in [0.1, 0.15) is 0 Å². The normalized spacial score (nSPS) is 11.4. The maximum absolute atomic E-state index is 12.0. The minimum Gasteiger partial charge on any atom is -0.439 e. The highest BCUT2D eigenvalue weighted by Crippen LogP contribution is 2.16. The van der Waals surface area contributed by atoms with Gasteiger partial charge in [0, 0.05) is 14.7 Å². The first-order valence-corrected chi connectivity index (χ1v) is 11.0. The van der Waals surface area contributed by atoms with Gasteiger partial charge in [0.15, 0.2) is 0 Å². The molecule has 0 aliphatic rings. The molecule has 118 valence electrons. The molecule has 2 aromatic rings. The number of benzene rings is 1. The minimum absolute atomic E-state index is 0.186. The lowest BCUT2D eigenvalue weighted by Crippen LogP contribution is -2.24. The number of nitrogens with zero attached hydrogens (tertiary/aromatic N) is 2. The Bertz CT molecular complexity index is 650. The van der Waals surface area contributed by atoms with E-state index in [1.165, 1.54) is 17.0 Å². The van der Waals surface area contributed by atoms with E-state index in [1.54, 1.807) is 0 Å². The van der Waals surface area contributed by atoms with E-state index in [2.05, 4.69) is 24.6 Å². The van der Waals surface area contributed by atoms with E-state index in [-0.39, 0.29) is 18.2 Å². The van der Waals surface area contributed by atoms with Crippen LogP contribution in [0.25, 0.3) is 0 Å². The maximum Gasteiger partial charge on any atom is 0.259 e. The zero-order valence-corrected chi connectivity index (χ0v) is 14.3. The lowest BCUT2D eigenvalue weighted by molar-refractivity contribution is 0.0838. The van der Waals surface area contributed by atoms with Gasteiger partial charge in [-0.05, 0) is 18.2 Å². The highest BCUT2D eigenvalue weighted by atomic mass is 28.3. The summed E-state index contributed by atoms with van der Waals surface area (Å²) in [6.45, 7) is 7.77. The van der Waals surface area contributed by atoms with Crippen molar-refractivity contribution in [2.75, 3.05) is 6.61 Å².